The normalized spacial score (nSPS) is 10.9. The molecule has 358 valence electrons. The van der Waals surface area contributed by atoms with Gasteiger partial charge in [-0.15, -0.1) is 22.7 Å². The molecule has 0 aliphatic rings. The average Bonchev–Trinajstić information content (AvgIpc) is 3.97. The lowest BCUT2D eigenvalue weighted by molar-refractivity contribution is -0.154. The maximum absolute atomic E-state index is 12.0. The monoisotopic (exact) mass is 1070 g/mol. The zero-order valence-corrected chi connectivity index (χ0v) is 37.6. The molecule has 0 bridgehead atoms. The van der Waals surface area contributed by atoms with Gasteiger partial charge in [0.2, 0.25) is 23.4 Å². The highest BCUT2D eigenvalue weighted by molar-refractivity contribution is 9.09. The number of carboxylic acid groups (broad SMARTS) is 1. The van der Waals surface area contributed by atoms with Crippen molar-refractivity contribution in [3.05, 3.63) is 82.7 Å². The smallest absolute Gasteiger partial charge is 0.422 e. The van der Waals surface area contributed by atoms with Gasteiger partial charge in [0.15, 0.2) is 31.2 Å². The van der Waals surface area contributed by atoms with E-state index in [1.54, 1.807) is 19.2 Å². The minimum Gasteiger partial charge on any atom is -0.476 e. The van der Waals surface area contributed by atoms with Crippen molar-refractivity contribution in [2.75, 3.05) is 38.4 Å². The standard InChI is InChI=1S/C13H11F3N2O3S.C11H7F3N2O3S.C8H7F3N2OS.C5H7BrO3/c1-2-20-12(19)9-6-22-11(18-9)8-3-4-10(17-5-8)21-7-13(14,15)16;12-11(13,14)5-19-8-2-1-6(3-15-8)9-16-7(4-20-9)10(17)18;9-8(10,11)4-14-6-2-1-5(3-13-6)7(12)15;1-2-9-5(8)4(7)3-6/h3-6H,2,7H2,1H3;1-4H,5H2,(H,17,18);1-3H,4H2,(H2,12,15);2-3H2,1H3. The van der Waals surface area contributed by atoms with Crippen LogP contribution in [0.3, 0.4) is 0 Å². The minimum atomic E-state index is -4.42. The van der Waals surface area contributed by atoms with E-state index in [0.717, 1.165) is 11.3 Å². The number of hydrogen-bond acceptors (Lipinski definition) is 17. The number of aromatic carboxylic acids is 1. The topological polar surface area (TPSA) is 225 Å². The number of carbonyl (C=O) groups excluding carboxylic acids is 3. The van der Waals surface area contributed by atoms with E-state index in [0.29, 0.717) is 26.7 Å². The summed E-state index contributed by atoms with van der Waals surface area (Å²) in [5, 5.41) is 12.6. The van der Waals surface area contributed by atoms with Gasteiger partial charge >= 0.3 is 36.4 Å². The lowest BCUT2D eigenvalue weighted by Gasteiger charge is -2.08. The van der Waals surface area contributed by atoms with Crippen LogP contribution in [0.5, 0.6) is 17.6 Å². The number of carbonyl (C=O) groups is 4. The molecule has 3 N–H and O–H groups in total. The molecule has 0 unspecified atom stereocenters. The van der Waals surface area contributed by atoms with Gasteiger partial charge in [-0.2, -0.15) is 39.5 Å². The van der Waals surface area contributed by atoms with Crippen LogP contribution in [0.25, 0.3) is 21.1 Å². The van der Waals surface area contributed by atoms with Crippen molar-refractivity contribution in [1.29, 1.82) is 0 Å². The fraction of sp³-hybridized carbons (Fsp3) is 0.297. The molecule has 0 aliphatic heterocycles. The van der Waals surface area contributed by atoms with Gasteiger partial charge in [0.25, 0.3) is 0 Å². The molecule has 0 saturated carbocycles. The predicted octanol–water partition coefficient (Wildman–Crippen LogP) is 8.34. The highest BCUT2D eigenvalue weighted by Crippen LogP contribution is 2.27. The number of carboxylic acids is 1. The highest BCUT2D eigenvalue weighted by Gasteiger charge is 2.30. The number of aromatic nitrogens is 5. The van der Waals surface area contributed by atoms with Crippen LogP contribution in [0, 0.1) is 0 Å². The second-order valence-electron chi connectivity index (χ2n) is 11.6. The Morgan fingerprint density at radius 3 is 1.39 bits per heavy atom. The van der Waals surface area contributed by atoms with Crippen molar-refractivity contribution in [2.24, 2.45) is 5.73 Å². The Morgan fingerprint density at radius 1 is 0.667 bits per heavy atom. The van der Waals surface area contributed by atoms with Gasteiger partial charge in [-0.25, -0.2) is 39.3 Å². The Kier molecular flexibility index (Phi) is 22.7. The number of thiazole rings is 2. The zero-order chi connectivity index (χ0) is 49.7. The van der Waals surface area contributed by atoms with Crippen LogP contribution in [0.15, 0.2) is 65.7 Å². The molecular formula is C37H32BrF9N6O10S3. The Labute approximate surface area is 388 Å². The van der Waals surface area contributed by atoms with Crippen molar-refractivity contribution in [3.8, 4) is 38.8 Å². The summed E-state index contributed by atoms with van der Waals surface area (Å²) in [6.07, 6.45) is -9.34. The van der Waals surface area contributed by atoms with Gasteiger partial charge in [-0.3, -0.25) is 4.79 Å². The van der Waals surface area contributed by atoms with Gasteiger partial charge in [0.1, 0.15) is 15.0 Å². The number of pyridine rings is 3. The van der Waals surface area contributed by atoms with Gasteiger partial charge < -0.3 is 34.5 Å². The third-order valence-corrected chi connectivity index (χ3v) is 9.00. The number of alkyl halides is 10. The van der Waals surface area contributed by atoms with E-state index in [1.165, 1.54) is 71.7 Å². The molecule has 5 rings (SSSR count). The van der Waals surface area contributed by atoms with E-state index in [-0.39, 0.29) is 52.6 Å². The SMILES string of the molecule is CCOC(=O)C(=O)CBr.CCOC(=O)c1csc(-c2ccc(OCC(F)(F)F)nc2)n1.NC(=S)c1ccc(OCC(F)(F)F)nc1.O=C(O)c1csc(-c2ccc(OCC(F)(F)F)nc2)n1. The van der Waals surface area contributed by atoms with Crippen molar-refractivity contribution in [1.82, 2.24) is 24.9 Å². The number of hydrogen-bond donors (Lipinski definition) is 2. The number of ether oxygens (including phenoxy) is 5. The van der Waals surface area contributed by atoms with Crippen LogP contribution in [-0.2, 0) is 19.1 Å². The number of nitrogens with zero attached hydrogens (tertiary/aromatic N) is 5. The average molecular weight is 1070 g/mol. The van der Waals surface area contributed by atoms with Gasteiger partial charge in [-0.1, -0.05) is 28.1 Å². The Bertz CT molecular complexity index is 2330. The second kappa shape index (κ2) is 26.8. The summed E-state index contributed by atoms with van der Waals surface area (Å²) in [6.45, 7) is -0.347. The molecule has 5 heterocycles. The predicted molar refractivity (Wildman–Crippen MR) is 224 cm³/mol. The molecule has 29 heteroatoms. The van der Waals surface area contributed by atoms with Crippen LogP contribution >= 0.6 is 50.8 Å². The summed E-state index contributed by atoms with van der Waals surface area (Å²) in [5.74, 6) is -3.41. The molecule has 0 amide bonds. The van der Waals surface area contributed by atoms with E-state index < -0.39 is 62.0 Å². The number of esters is 2. The van der Waals surface area contributed by atoms with Crippen LogP contribution in [-0.4, -0.2) is 116 Å². The van der Waals surface area contributed by atoms with E-state index >= 15 is 0 Å². The molecular weight excluding hydrogens is 1040 g/mol. The number of halogens is 10. The molecule has 5 aromatic rings. The highest BCUT2D eigenvalue weighted by atomic mass is 79.9. The fourth-order valence-corrected chi connectivity index (χ4v) is 5.65. The number of Topliss-reactive ketones (excluding diaryl/α,β-unsaturated/α-hetero) is 1. The van der Waals surface area contributed by atoms with Crippen molar-refractivity contribution in [2.45, 2.75) is 32.4 Å². The number of ketones is 1. The number of nitrogens with two attached hydrogens (primary N) is 1. The van der Waals surface area contributed by atoms with Crippen molar-refractivity contribution >= 4 is 79.5 Å². The molecule has 0 aliphatic carbocycles. The van der Waals surface area contributed by atoms with Crippen molar-refractivity contribution in [3.63, 3.8) is 0 Å². The molecule has 5 aromatic heterocycles. The maximum Gasteiger partial charge on any atom is 0.422 e. The fourth-order valence-electron chi connectivity index (χ4n) is 3.74. The molecule has 16 nitrogen and oxygen atoms in total. The summed E-state index contributed by atoms with van der Waals surface area (Å²) < 4.78 is 130. The summed E-state index contributed by atoms with van der Waals surface area (Å²) in [6, 6.07) is 8.28. The van der Waals surface area contributed by atoms with Gasteiger partial charge in [0.05, 0.1) is 18.5 Å². The Morgan fingerprint density at radius 2 is 1.08 bits per heavy atom. The summed E-state index contributed by atoms with van der Waals surface area (Å²) in [7, 11) is 0. The first-order valence-electron chi connectivity index (χ1n) is 17.7. The minimum absolute atomic E-state index is 0.0336. The third kappa shape index (κ3) is 22.2. The second-order valence-corrected chi connectivity index (χ2v) is 14.3. The maximum atomic E-state index is 12.0. The lowest BCUT2D eigenvalue weighted by atomic mass is 10.3. The summed E-state index contributed by atoms with van der Waals surface area (Å²) >= 11 is 9.79. The van der Waals surface area contributed by atoms with E-state index in [2.05, 4.69) is 72.0 Å². The van der Waals surface area contributed by atoms with Crippen LogP contribution in [0.1, 0.15) is 40.4 Å². The van der Waals surface area contributed by atoms with Crippen LogP contribution in [0.4, 0.5) is 39.5 Å². The molecule has 0 aromatic carbocycles. The first-order valence-corrected chi connectivity index (χ1v) is 21.0. The Hall–Kier alpha value is -6.07. The molecule has 0 fully saturated rings. The summed E-state index contributed by atoms with van der Waals surface area (Å²) in [5.41, 5.74) is 6.91. The molecule has 0 radical (unpaired) electrons. The zero-order valence-electron chi connectivity index (χ0n) is 33.5. The van der Waals surface area contributed by atoms with Gasteiger partial charge in [-0.05, 0) is 32.0 Å². The van der Waals surface area contributed by atoms with Gasteiger partial charge in [0, 0.05) is 64.2 Å². The number of rotatable bonds is 15. The molecule has 0 saturated heterocycles. The number of thiocarbonyl (C=S) groups is 1. The van der Waals surface area contributed by atoms with E-state index in [4.69, 9.17) is 15.6 Å². The lowest BCUT2D eigenvalue weighted by Crippen LogP contribution is -2.19. The first kappa shape index (κ1) is 56.1. The Balaban J connectivity index is 0.000000316. The quantitative estimate of drug-likeness (QED) is 0.0330. The van der Waals surface area contributed by atoms with E-state index in [1.807, 2.05) is 0 Å². The largest absolute Gasteiger partial charge is 0.476 e. The van der Waals surface area contributed by atoms with Crippen LogP contribution < -0.4 is 19.9 Å². The summed E-state index contributed by atoms with van der Waals surface area (Å²) in [4.78, 5) is 62.1. The molecule has 0 atom stereocenters. The first-order chi connectivity index (χ1) is 30.8. The molecule has 0 spiro atoms. The van der Waals surface area contributed by atoms with Crippen molar-refractivity contribution < 1.29 is 87.5 Å². The van der Waals surface area contributed by atoms with Crippen LogP contribution in [0.2, 0.25) is 0 Å². The molecule has 66 heavy (non-hydrogen) atoms. The van der Waals surface area contributed by atoms with E-state index in [9.17, 15) is 58.7 Å². The third-order valence-electron chi connectivity index (χ3n) is 6.48.